The van der Waals surface area contributed by atoms with E-state index in [9.17, 15) is 9.59 Å². The maximum atomic E-state index is 11.5. The third-order valence-electron chi connectivity index (χ3n) is 4.09. The normalized spacial score (nSPS) is 10.7. The van der Waals surface area contributed by atoms with Crippen LogP contribution < -0.4 is 16.0 Å². The molecule has 3 aromatic rings. The Bertz CT molecular complexity index is 950. The molecule has 0 spiro atoms. The van der Waals surface area contributed by atoms with Crippen LogP contribution in [-0.2, 0) is 4.79 Å². The largest absolute Gasteiger partial charge is 0.494 e. The Morgan fingerprint density at radius 2 is 1.93 bits per heavy atom. The average molecular weight is 368 g/mol. The Balaban J connectivity index is 1.64. The Labute approximate surface area is 155 Å². The Morgan fingerprint density at radius 3 is 2.63 bits per heavy atom. The number of ether oxygens (including phenoxy) is 1. The van der Waals surface area contributed by atoms with E-state index in [4.69, 9.17) is 15.7 Å². The monoisotopic (exact) mass is 368 g/mol. The highest BCUT2D eigenvalue weighted by Crippen LogP contribution is 2.21. The van der Waals surface area contributed by atoms with Crippen LogP contribution in [0.1, 0.15) is 29.6 Å². The lowest BCUT2D eigenvalue weighted by Crippen LogP contribution is -2.18. The van der Waals surface area contributed by atoms with E-state index in [1.54, 1.807) is 22.3 Å². The number of hydrogen-bond acceptors (Lipinski definition) is 5. The fraction of sp³-hybridized carbons (Fsp3) is 0.211. The molecule has 2 amide bonds. The number of aromatic nitrogens is 2. The number of hydroxylamine groups is 1. The Morgan fingerprint density at radius 1 is 1.15 bits per heavy atom. The number of carbonyl (C=O) groups excluding carboxylic acids is 2. The Hall–Kier alpha value is -3.39. The van der Waals surface area contributed by atoms with Gasteiger partial charge >= 0.3 is 0 Å². The van der Waals surface area contributed by atoms with Crippen LogP contribution in [0.2, 0.25) is 0 Å². The van der Waals surface area contributed by atoms with E-state index in [1.807, 2.05) is 36.5 Å². The lowest BCUT2D eigenvalue weighted by molar-refractivity contribution is -0.129. The molecule has 0 radical (unpaired) electrons. The van der Waals surface area contributed by atoms with Crippen molar-refractivity contribution in [3.63, 3.8) is 0 Å². The minimum absolute atomic E-state index is 0.263. The number of hydrogen-bond donors (Lipinski definition) is 3. The summed E-state index contributed by atoms with van der Waals surface area (Å²) in [6, 6.07) is 12.7. The number of nitrogens with zero attached hydrogens (tertiary/aromatic N) is 2. The van der Waals surface area contributed by atoms with E-state index < -0.39 is 11.8 Å². The van der Waals surface area contributed by atoms with Gasteiger partial charge in [-0.25, -0.2) is 10.2 Å². The molecule has 0 aliphatic heterocycles. The number of benzene rings is 2. The molecule has 140 valence electrons. The molecular formula is C19H20N4O4. The summed E-state index contributed by atoms with van der Waals surface area (Å²) in [6.07, 6.45) is 3.44. The van der Waals surface area contributed by atoms with E-state index >= 15 is 0 Å². The molecule has 8 nitrogen and oxygen atoms in total. The molecule has 2 aromatic carbocycles. The zero-order valence-corrected chi connectivity index (χ0v) is 14.6. The van der Waals surface area contributed by atoms with Crippen molar-refractivity contribution in [1.29, 1.82) is 0 Å². The molecule has 0 fully saturated rings. The molecule has 0 bridgehead atoms. The van der Waals surface area contributed by atoms with Crippen LogP contribution in [-0.4, -0.2) is 33.4 Å². The summed E-state index contributed by atoms with van der Waals surface area (Å²) < 4.78 is 7.33. The lowest BCUT2D eigenvalue weighted by atomic mass is 10.1. The van der Waals surface area contributed by atoms with Crippen molar-refractivity contribution in [3.8, 4) is 11.4 Å². The number of unbranched alkanes of at least 4 members (excludes halogenated alkanes) is 1. The van der Waals surface area contributed by atoms with Crippen LogP contribution in [0.25, 0.3) is 16.6 Å². The van der Waals surface area contributed by atoms with Gasteiger partial charge in [0.05, 0.1) is 17.9 Å². The van der Waals surface area contributed by atoms with Gasteiger partial charge in [0, 0.05) is 18.0 Å². The van der Waals surface area contributed by atoms with Crippen molar-refractivity contribution in [2.75, 3.05) is 6.61 Å². The van der Waals surface area contributed by atoms with Crippen LogP contribution >= 0.6 is 0 Å². The molecule has 1 heterocycles. The molecule has 0 aliphatic carbocycles. The molecule has 4 N–H and O–H groups in total. The van der Waals surface area contributed by atoms with Crippen LogP contribution in [0.3, 0.4) is 0 Å². The quantitative estimate of drug-likeness (QED) is 0.320. The van der Waals surface area contributed by atoms with Crippen LogP contribution in [0.15, 0.2) is 48.7 Å². The van der Waals surface area contributed by atoms with Gasteiger partial charge in [-0.2, -0.15) is 5.10 Å². The second-order valence-corrected chi connectivity index (χ2v) is 6.02. The van der Waals surface area contributed by atoms with Crippen molar-refractivity contribution < 1.29 is 19.5 Å². The number of amides is 2. The standard InChI is InChI=1S/C19H20N4O4/c20-19(25)16-5-3-4-13-12-23(21-18(13)16)14-7-9-15(10-8-14)27-11-2-1-6-17(24)22-26/h3-5,7-10,12,26H,1-2,6,11H2,(H2,20,25)(H,22,24). The summed E-state index contributed by atoms with van der Waals surface area (Å²) in [4.78, 5) is 22.4. The van der Waals surface area contributed by atoms with Crippen LogP contribution in [0.4, 0.5) is 0 Å². The van der Waals surface area contributed by atoms with Gasteiger partial charge in [0.2, 0.25) is 5.91 Å². The molecule has 27 heavy (non-hydrogen) atoms. The van der Waals surface area contributed by atoms with Crippen LogP contribution in [0, 0.1) is 0 Å². The van der Waals surface area contributed by atoms with Gasteiger partial charge < -0.3 is 10.5 Å². The second kappa shape index (κ2) is 8.33. The predicted molar refractivity (Wildman–Crippen MR) is 98.9 cm³/mol. The summed E-state index contributed by atoms with van der Waals surface area (Å²) in [7, 11) is 0. The van der Waals surface area contributed by atoms with E-state index in [2.05, 4.69) is 5.10 Å². The van der Waals surface area contributed by atoms with Crippen molar-refractivity contribution in [2.24, 2.45) is 5.73 Å². The molecule has 0 saturated heterocycles. The molecule has 1 aromatic heterocycles. The van der Waals surface area contributed by atoms with Gasteiger partial charge in [0.25, 0.3) is 5.91 Å². The molecule has 3 rings (SSSR count). The lowest BCUT2D eigenvalue weighted by Gasteiger charge is -2.07. The first-order valence-electron chi connectivity index (χ1n) is 8.53. The third-order valence-corrected chi connectivity index (χ3v) is 4.09. The van der Waals surface area contributed by atoms with E-state index in [0.29, 0.717) is 36.3 Å². The summed E-state index contributed by atoms with van der Waals surface area (Å²) in [5.41, 5.74) is 8.79. The predicted octanol–water partition coefficient (Wildman–Crippen LogP) is 2.18. The van der Waals surface area contributed by atoms with E-state index in [1.165, 1.54) is 0 Å². The fourth-order valence-corrected chi connectivity index (χ4v) is 2.71. The SMILES string of the molecule is NC(=O)c1cccc2cn(-c3ccc(OCCCCC(=O)NO)cc3)nc12. The summed E-state index contributed by atoms with van der Waals surface area (Å²) in [5, 5.41) is 13.7. The fourth-order valence-electron chi connectivity index (χ4n) is 2.71. The zero-order valence-electron chi connectivity index (χ0n) is 14.6. The first-order valence-corrected chi connectivity index (χ1v) is 8.53. The van der Waals surface area contributed by atoms with Gasteiger partial charge in [0.15, 0.2) is 0 Å². The van der Waals surface area contributed by atoms with Crippen molar-refractivity contribution in [2.45, 2.75) is 19.3 Å². The summed E-state index contributed by atoms with van der Waals surface area (Å²) >= 11 is 0. The first kappa shape index (κ1) is 18.4. The minimum atomic E-state index is -0.508. The second-order valence-electron chi connectivity index (χ2n) is 6.02. The summed E-state index contributed by atoms with van der Waals surface area (Å²) in [5.74, 6) is -0.198. The van der Waals surface area contributed by atoms with Crippen molar-refractivity contribution in [1.82, 2.24) is 15.3 Å². The highest BCUT2D eigenvalue weighted by molar-refractivity contribution is 6.04. The van der Waals surface area contributed by atoms with Crippen molar-refractivity contribution in [3.05, 3.63) is 54.2 Å². The van der Waals surface area contributed by atoms with Gasteiger partial charge in [-0.15, -0.1) is 0 Å². The molecule has 0 unspecified atom stereocenters. The minimum Gasteiger partial charge on any atom is -0.494 e. The topological polar surface area (TPSA) is 119 Å². The highest BCUT2D eigenvalue weighted by Gasteiger charge is 2.11. The third kappa shape index (κ3) is 4.42. The summed E-state index contributed by atoms with van der Waals surface area (Å²) in [6.45, 7) is 0.478. The molecule has 0 atom stereocenters. The molecule has 0 aliphatic rings. The van der Waals surface area contributed by atoms with Crippen LogP contribution in [0.5, 0.6) is 5.75 Å². The van der Waals surface area contributed by atoms with E-state index in [-0.39, 0.29) is 6.42 Å². The highest BCUT2D eigenvalue weighted by atomic mass is 16.5. The maximum Gasteiger partial charge on any atom is 0.250 e. The smallest absolute Gasteiger partial charge is 0.250 e. The number of rotatable bonds is 8. The molecular weight excluding hydrogens is 348 g/mol. The molecule has 8 heteroatoms. The van der Waals surface area contributed by atoms with E-state index in [0.717, 1.165) is 11.1 Å². The molecule has 0 saturated carbocycles. The zero-order chi connectivity index (χ0) is 19.2. The number of fused-ring (bicyclic) bond motifs is 1. The first-order chi connectivity index (χ1) is 13.1. The number of nitrogens with two attached hydrogens (primary N) is 1. The number of nitrogens with one attached hydrogen (secondary N) is 1. The van der Waals surface area contributed by atoms with Gasteiger partial charge in [0.1, 0.15) is 11.3 Å². The van der Waals surface area contributed by atoms with Crippen molar-refractivity contribution >= 4 is 22.7 Å². The van der Waals surface area contributed by atoms with Gasteiger partial charge in [-0.3, -0.25) is 14.8 Å². The number of primary amides is 1. The Kier molecular flexibility index (Phi) is 5.68. The van der Waals surface area contributed by atoms with Gasteiger partial charge in [-0.05, 0) is 43.2 Å². The maximum absolute atomic E-state index is 11.5. The van der Waals surface area contributed by atoms with Gasteiger partial charge in [-0.1, -0.05) is 12.1 Å². The number of carbonyl (C=O) groups is 2. The average Bonchev–Trinajstić information content (AvgIpc) is 3.12.